The molecule has 154 valence electrons. The van der Waals surface area contributed by atoms with E-state index in [9.17, 15) is 15.3 Å². The molecule has 4 rings (SSSR count). The van der Waals surface area contributed by atoms with Crippen LogP contribution in [0.4, 0.5) is 5.82 Å². The Kier molecular flexibility index (Phi) is 5.33. The van der Waals surface area contributed by atoms with Gasteiger partial charge in [-0.2, -0.15) is 9.97 Å². The number of ether oxygens (including phenoxy) is 2. The lowest BCUT2D eigenvalue weighted by Gasteiger charge is -2.16. The summed E-state index contributed by atoms with van der Waals surface area (Å²) in [7, 11) is 0. The molecule has 3 heterocycles. The van der Waals surface area contributed by atoms with Crippen molar-refractivity contribution >= 4 is 17.0 Å². The molecule has 1 aromatic carbocycles. The number of aliphatic hydroxyl groups excluding tert-OH is 3. The van der Waals surface area contributed by atoms with Crippen LogP contribution in [0.15, 0.2) is 30.6 Å². The van der Waals surface area contributed by atoms with Gasteiger partial charge in [-0.05, 0) is 12.5 Å². The predicted octanol–water partition coefficient (Wildman–Crippen LogP) is -0.0501. The quantitative estimate of drug-likeness (QED) is 0.446. The van der Waals surface area contributed by atoms with Gasteiger partial charge < -0.3 is 30.5 Å². The van der Waals surface area contributed by atoms with E-state index in [0.717, 1.165) is 5.56 Å². The largest absolute Gasteiger partial charge is 0.463 e. The van der Waals surface area contributed by atoms with Crippen molar-refractivity contribution in [3.05, 3.63) is 41.7 Å². The van der Waals surface area contributed by atoms with Crippen molar-refractivity contribution in [2.45, 2.75) is 37.9 Å². The monoisotopic (exact) mass is 401 g/mol. The van der Waals surface area contributed by atoms with Crippen LogP contribution in [-0.2, 0) is 11.2 Å². The summed E-state index contributed by atoms with van der Waals surface area (Å²) in [5.41, 5.74) is 8.93. The molecule has 0 spiro atoms. The Morgan fingerprint density at radius 3 is 2.79 bits per heavy atom. The van der Waals surface area contributed by atoms with Gasteiger partial charge in [-0.3, -0.25) is 4.57 Å². The van der Waals surface area contributed by atoms with Gasteiger partial charge >= 0.3 is 6.01 Å². The van der Waals surface area contributed by atoms with E-state index in [0.29, 0.717) is 24.2 Å². The van der Waals surface area contributed by atoms with Gasteiger partial charge in [0.15, 0.2) is 23.2 Å². The maximum Gasteiger partial charge on any atom is 0.320 e. The van der Waals surface area contributed by atoms with Crippen LogP contribution in [0.3, 0.4) is 0 Å². The molecule has 0 saturated carbocycles. The molecular weight excluding hydrogens is 378 g/mol. The van der Waals surface area contributed by atoms with Crippen LogP contribution in [0.5, 0.6) is 6.01 Å². The fourth-order valence-electron chi connectivity index (χ4n) is 3.41. The van der Waals surface area contributed by atoms with Crippen LogP contribution < -0.4 is 10.5 Å². The van der Waals surface area contributed by atoms with E-state index in [2.05, 4.69) is 21.0 Å². The summed E-state index contributed by atoms with van der Waals surface area (Å²) in [6, 6.07) is 8.20. The van der Waals surface area contributed by atoms with Crippen molar-refractivity contribution in [2.75, 3.05) is 18.9 Å². The molecule has 2 aromatic heterocycles. The molecule has 0 aliphatic carbocycles. The molecule has 3 aromatic rings. The number of imidazole rings is 1. The minimum atomic E-state index is -1.26. The lowest BCUT2D eigenvalue weighted by Crippen LogP contribution is -2.33. The average molecular weight is 401 g/mol. The van der Waals surface area contributed by atoms with E-state index in [1.165, 1.54) is 16.5 Å². The number of aliphatic hydroxyl groups is 3. The van der Waals surface area contributed by atoms with Crippen LogP contribution in [0.2, 0.25) is 0 Å². The molecular formula is C19H23N5O5. The summed E-state index contributed by atoms with van der Waals surface area (Å²) in [4.78, 5) is 12.7. The van der Waals surface area contributed by atoms with Crippen LogP contribution in [-0.4, -0.2) is 66.4 Å². The number of anilines is 1. The smallest absolute Gasteiger partial charge is 0.320 e. The maximum atomic E-state index is 10.3. The van der Waals surface area contributed by atoms with Gasteiger partial charge in [-0.25, -0.2) is 4.98 Å². The minimum absolute atomic E-state index is 0.0798. The number of rotatable bonds is 6. The molecule has 4 atom stereocenters. The van der Waals surface area contributed by atoms with Gasteiger partial charge in [0.2, 0.25) is 0 Å². The Balaban J connectivity index is 1.55. The molecule has 29 heavy (non-hydrogen) atoms. The van der Waals surface area contributed by atoms with Gasteiger partial charge in [0.25, 0.3) is 0 Å². The van der Waals surface area contributed by atoms with Gasteiger partial charge in [-0.1, -0.05) is 29.8 Å². The van der Waals surface area contributed by atoms with Crippen molar-refractivity contribution in [1.29, 1.82) is 0 Å². The maximum absolute atomic E-state index is 10.3. The lowest BCUT2D eigenvalue weighted by atomic mass is 10.1. The van der Waals surface area contributed by atoms with E-state index in [1.807, 2.05) is 25.1 Å². The third-order valence-corrected chi connectivity index (χ3v) is 4.92. The number of nitrogens with zero attached hydrogens (tertiary/aromatic N) is 4. The van der Waals surface area contributed by atoms with Crippen molar-refractivity contribution in [3.63, 3.8) is 0 Å². The second-order valence-electron chi connectivity index (χ2n) is 7.03. The average Bonchev–Trinajstić information content (AvgIpc) is 3.24. The molecule has 10 heteroatoms. The first-order valence-electron chi connectivity index (χ1n) is 9.28. The van der Waals surface area contributed by atoms with E-state index in [4.69, 9.17) is 15.2 Å². The van der Waals surface area contributed by atoms with Gasteiger partial charge in [-0.15, -0.1) is 0 Å². The molecule has 0 radical (unpaired) electrons. The summed E-state index contributed by atoms with van der Waals surface area (Å²) >= 11 is 0. The summed E-state index contributed by atoms with van der Waals surface area (Å²) in [5, 5.41) is 29.6. The van der Waals surface area contributed by atoms with E-state index < -0.39 is 31.1 Å². The van der Waals surface area contributed by atoms with Gasteiger partial charge in [0.05, 0.1) is 19.5 Å². The first-order valence-corrected chi connectivity index (χ1v) is 9.28. The fraction of sp³-hybridized carbons (Fsp3) is 0.421. The van der Waals surface area contributed by atoms with Crippen molar-refractivity contribution in [3.8, 4) is 6.01 Å². The number of nitrogen functional groups attached to an aromatic ring is 1. The number of benzene rings is 1. The van der Waals surface area contributed by atoms with Crippen LogP contribution in [0.25, 0.3) is 11.2 Å². The number of hydrogen-bond donors (Lipinski definition) is 4. The Labute approximate surface area is 166 Å². The molecule has 1 aliphatic rings. The summed E-state index contributed by atoms with van der Waals surface area (Å²) in [5.74, 6) is 0.131. The van der Waals surface area contributed by atoms with E-state index >= 15 is 0 Å². The molecule has 5 N–H and O–H groups in total. The topological polar surface area (TPSA) is 149 Å². The SMILES string of the molecule is Cc1cccc(CCOc2nc(N)c3ncn(C4O[C@@H](CO)[C@H](O)[C@@H]4O)c3n2)c1. The molecule has 1 unspecified atom stereocenters. The summed E-state index contributed by atoms with van der Waals surface area (Å²) in [6.07, 6.45) is -2.29. The Bertz CT molecular complexity index is 1010. The standard InChI is InChI=1S/C19H23N5O5/c1-10-3-2-4-11(7-10)5-6-28-19-22-16(20)13-17(23-19)24(9-21-13)18-15(27)14(26)12(8-25)29-18/h2-4,7,9,12,14-15,18,25-27H,5-6,8H2,1H3,(H2,20,22,23)/t12-,14-,15-,18?/m0/s1. The summed E-state index contributed by atoms with van der Waals surface area (Å²) < 4.78 is 12.7. The number of aryl methyl sites for hydroxylation is 1. The highest BCUT2D eigenvalue weighted by molar-refractivity contribution is 5.82. The first-order chi connectivity index (χ1) is 14.0. The highest BCUT2D eigenvalue weighted by Gasteiger charge is 2.44. The van der Waals surface area contributed by atoms with Gasteiger partial charge in [0.1, 0.15) is 18.3 Å². The van der Waals surface area contributed by atoms with Crippen LogP contribution in [0.1, 0.15) is 17.4 Å². The predicted molar refractivity (Wildman–Crippen MR) is 103 cm³/mol. The fourth-order valence-corrected chi connectivity index (χ4v) is 3.41. The van der Waals surface area contributed by atoms with Crippen LogP contribution in [0, 0.1) is 6.92 Å². The molecule has 0 amide bonds. The number of hydrogen-bond acceptors (Lipinski definition) is 9. The Morgan fingerprint density at radius 1 is 1.24 bits per heavy atom. The van der Waals surface area contributed by atoms with Crippen molar-refractivity contribution in [1.82, 2.24) is 19.5 Å². The lowest BCUT2D eigenvalue weighted by molar-refractivity contribution is -0.0511. The zero-order valence-electron chi connectivity index (χ0n) is 15.8. The van der Waals surface area contributed by atoms with Gasteiger partial charge in [0, 0.05) is 6.42 Å². The third kappa shape index (κ3) is 3.75. The third-order valence-electron chi connectivity index (χ3n) is 4.92. The van der Waals surface area contributed by atoms with E-state index in [1.54, 1.807) is 0 Å². The van der Waals surface area contributed by atoms with Crippen molar-refractivity contribution < 1.29 is 24.8 Å². The summed E-state index contributed by atoms with van der Waals surface area (Å²) in [6.45, 7) is 1.96. The molecule has 1 aliphatic heterocycles. The zero-order chi connectivity index (χ0) is 20.5. The molecule has 0 bridgehead atoms. The highest BCUT2D eigenvalue weighted by Crippen LogP contribution is 2.32. The van der Waals surface area contributed by atoms with Crippen LogP contribution >= 0.6 is 0 Å². The normalized spacial score (nSPS) is 24.3. The minimum Gasteiger partial charge on any atom is -0.463 e. The first kappa shape index (κ1) is 19.5. The Morgan fingerprint density at radius 2 is 2.07 bits per heavy atom. The van der Waals surface area contributed by atoms with Crippen molar-refractivity contribution in [2.24, 2.45) is 0 Å². The molecule has 1 fully saturated rings. The van der Waals surface area contributed by atoms with E-state index in [-0.39, 0.29) is 11.8 Å². The molecule has 10 nitrogen and oxygen atoms in total. The number of fused-ring (bicyclic) bond motifs is 1. The second-order valence-corrected chi connectivity index (χ2v) is 7.03. The zero-order valence-corrected chi connectivity index (χ0v) is 15.8. The highest BCUT2D eigenvalue weighted by atomic mass is 16.6. The second kappa shape index (κ2) is 7.91. The number of aromatic nitrogens is 4. The Hall–Kier alpha value is -2.79. The molecule has 1 saturated heterocycles. The number of nitrogens with two attached hydrogens (primary N) is 1.